The average Bonchev–Trinajstić information content (AvgIpc) is 2.49. The van der Waals surface area contributed by atoms with Gasteiger partial charge in [-0.05, 0) is 36.8 Å². The Bertz CT molecular complexity index is 746. The molecule has 0 saturated carbocycles. The molecule has 1 aromatic heterocycles. The molecule has 21 heavy (non-hydrogen) atoms. The van der Waals surface area contributed by atoms with Gasteiger partial charge >= 0.3 is 5.97 Å². The van der Waals surface area contributed by atoms with Gasteiger partial charge in [0, 0.05) is 11.9 Å². The lowest BCUT2D eigenvalue weighted by atomic mass is 10.1. The molecule has 6 nitrogen and oxygen atoms in total. The maximum atomic E-state index is 12.1. The highest BCUT2D eigenvalue weighted by Gasteiger charge is 2.11. The van der Waals surface area contributed by atoms with Gasteiger partial charge in [-0.2, -0.15) is 5.26 Å². The zero-order valence-electron chi connectivity index (χ0n) is 11.1. The molecule has 0 atom stereocenters. The largest absolute Gasteiger partial charge is 0.477 e. The van der Waals surface area contributed by atoms with Crippen LogP contribution in [0.2, 0.25) is 0 Å². The van der Waals surface area contributed by atoms with Crippen LogP contribution in [0.5, 0.6) is 0 Å². The Kier molecular flexibility index (Phi) is 3.95. The van der Waals surface area contributed by atoms with Gasteiger partial charge in [-0.25, -0.2) is 9.78 Å². The predicted molar refractivity (Wildman–Crippen MR) is 75.0 cm³/mol. The topological polar surface area (TPSA) is 103 Å². The number of nitrogens with zero attached hydrogens (tertiary/aromatic N) is 2. The Labute approximate surface area is 120 Å². The molecule has 0 spiro atoms. The van der Waals surface area contributed by atoms with Crippen molar-refractivity contribution in [3.63, 3.8) is 0 Å². The molecule has 2 N–H and O–H groups in total. The van der Waals surface area contributed by atoms with Crippen molar-refractivity contribution in [3.8, 4) is 6.07 Å². The highest BCUT2D eigenvalue weighted by Crippen LogP contribution is 2.17. The van der Waals surface area contributed by atoms with Crippen molar-refractivity contribution in [2.24, 2.45) is 0 Å². The second-order valence-electron chi connectivity index (χ2n) is 4.33. The van der Waals surface area contributed by atoms with Crippen LogP contribution in [-0.2, 0) is 0 Å². The first-order valence-electron chi connectivity index (χ1n) is 6.02. The van der Waals surface area contributed by atoms with Gasteiger partial charge in [0.1, 0.15) is 5.69 Å². The van der Waals surface area contributed by atoms with Crippen molar-refractivity contribution < 1.29 is 14.7 Å². The Morgan fingerprint density at radius 3 is 2.62 bits per heavy atom. The SMILES string of the molecule is Cc1ccc(C#N)cc1NC(=O)c1ccc(C(=O)O)nc1. The summed E-state index contributed by atoms with van der Waals surface area (Å²) in [5.74, 6) is -1.57. The standard InChI is InChI=1S/C15H11N3O3/c1-9-2-3-10(7-16)6-13(9)18-14(19)11-4-5-12(15(20)21)17-8-11/h2-6,8H,1H3,(H,18,19)(H,20,21). The zero-order chi connectivity index (χ0) is 15.4. The van der Waals surface area contributed by atoms with Gasteiger partial charge in [0.25, 0.3) is 5.91 Å². The maximum absolute atomic E-state index is 12.1. The molecule has 0 fully saturated rings. The number of rotatable bonds is 3. The summed E-state index contributed by atoms with van der Waals surface area (Å²) in [4.78, 5) is 26.4. The third kappa shape index (κ3) is 3.22. The number of hydrogen-bond acceptors (Lipinski definition) is 4. The Balaban J connectivity index is 2.22. The first-order valence-corrected chi connectivity index (χ1v) is 6.02. The number of pyridine rings is 1. The summed E-state index contributed by atoms with van der Waals surface area (Å²) in [5, 5.41) is 20.3. The van der Waals surface area contributed by atoms with Crippen LogP contribution < -0.4 is 5.32 Å². The monoisotopic (exact) mass is 281 g/mol. The molecule has 6 heteroatoms. The van der Waals surface area contributed by atoms with Crippen molar-refractivity contribution in [1.29, 1.82) is 5.26 Å². The number of carbonyl (C=O) groups excluding carboxylic acids is 1. The minimum absolute atomic E-state index is 0.130. The van der Waals surface area contributed by atoms with Gasteiger partial charge in [-0.3, -0.25) is 4.79 Å². The summed E-state index contributed by atoms with van der Waals surface area (Å²) in [6.45, 7) is 1.81. The summed E-state index contributed by atoms with van der Waals surface area (Å²) < 4.78 is 0. The molecule has 0 aliphatic rings. The number of amides is 1. The lowest BCUT2D eigenvalue weighted by Gasteiger charge is -2.08. The van der Waals surface area contributed by atoms with Crippen LogP contribution >= 0.6 is 0 Å². The van der Waals surface area contributed by atoms with E-state index in [4.69, 9.17) is 10.4 Å². The Hall–Kier alpha value is -3.20. The van der Waals surface area contributed by atoms with E-state index < -0.39 is 11.9 Å². The minimum Gasteiger partial charge on any atom is -0.477 e. The summed E-state index contributed by atoms with van der Waals surface area (Å²) in [6.07, 6.45) is 1.20. The molecule has 0 aliphatic heterocycles. The number of carboxylic acid groups (broad SMARTS) is 1. The summed E-state index contributed by atoms with van der Waals surface area (Å²) in [6, 6.07) is 9.62. The van der Waals surface area contributed by atoms with E-state index in [9.17, 15) is 9.59 Å². The van der Waals surface area contributed by atoms with Crippen LogP contribution in [0.15, 0.2) is 36.5 Å². The number of nitriles is 1. The average molecular weight is 281 g/mol. The van der Waals surface area contributed by atoms with Gasteiger partial charge in [-0.1, -0.05) is 6.07 Å². The van der Waals surface area contributed by atoms with Crippen LogP contribution in [0.4, 0.5) is 5.69 Å². The second kappa shape index (κ2) is 5.84. The van der Waals surface area contributed by atoms with E-state index in [2.05, 4.69) is 10.3 Å². The maximum Gasteiger partial charge on any atom is 0.354 e. The van der Waals surface area contributed by atoms with Gasteiger partial charge in [0.05, 0.1) is 17.2 Å². The Morgan fingerprint density at radius 2 is 2.05 bits per heavy atom. The van der Waals surface area contributed by atoms with Crippen molar-refractivity contribution in [3.05, 3.63) is 58.9 Å². The highest BCUT2D eigenvalue weighted by molar-refractivity contribution is 6.04. The summed E-state index contributed by atoms with van der Waals surface area (Å²) >= 11 is 0. The lowest BCUT2D eigenvalue weighted by Crippen LogP contribution is -2.14. The molecule has 0 aliphatic carbocycles. The summed E-state index contributed by atoms with van der Waals surface area (Å²) in [5.41, 5.74) is 1.89. The molecular weight excluding hydrogens is 270 g/mol. The van der Waals surface area contributed by atoms with Crippen LogP contribution in [0.1, 0.15) is 32.0 Å². The molecular formula is C15H11N3O3. The molecule has 1 heterocycles. The minimum atomic E-state index is -1.15. The van der Waals surface area contributed by atoms with Crippen molar-refractivity contribution >= 4 is 17.6 Å². The number of anilines is 1. The van der Waals surface area contributed by atoms with Gasteiger partial charge in [0.2, 0.25) is 0 Å². The van der Waals surface area contributed by atoms with E-state index in [1.54, 1.807) is 18.2 Å². The number of aromatic carboxylic acids is 1. The first kappa shape index (κ1) is 14.2. The molecule has 104 valence electrons. The third-order valence-electron chi connectivity index (χ3n) is 2.86. The van der Waals surface area contributed by atoms with Crippen molar-refractivity contribution in [2.45, 2.75) is 6.92 Å². The quantitative estimate of drug-likeness (QED) is 0.897. The fourth-order valence-corrected chi connectivity index (χ4v) is 1.68. The highest BCUT2D eigenvalue weighted by atomic mass is 16.4. The second-order valence-corrected chi connectivity index (χ2v) is 4.33. The smallest absolute Gasteiger partial charge is 0.354 e. The van der Waals surface area contributed by atoms with Crippen molar-refractivity contribution in [1.82, 2.24) is 4.98 Å². The normalized spacial score (nSPS) is 9.71. The molecule has 0 saturated heterocycles. The van der Waals surface area contributed by atoms with E-state index in [-0.39, 0.29) is 11.3 Å². The van der Waals surface area contributed by atoms with Crippen LogP contribution in [0, 0.1) is 18.3 Å². The predicted octanol–water partition coefficient (Wildman–Crippen LogP) is 2.21. The van der Waals surface area contributed by atoms with Crippen LogP contribution in [0.25, 0.3) is 0 Å². The van der Waals surface area contributed by atoms with Crippen LogP contribution in [-0.4, -0.2) is 22.0 Å². The Morgan fingerprint density at radius 1 is 1.29 bits per heavy atom. The van der Waals surface area contributed by atoms with Gasteiger partial charge in [-0.15, -0.1) is 0 Å². The van der Waals surface area contributed by atoms with E-state index in [0.717, 1.165) is 5.56 Å². The number of aryl methyl sites for hydroxylation is 1. The molecule has 0 bridgehead atoms. The number of nitrogens with one attached hydrogen (secondary N) is 1. The van der Waals surface area contributed by atoms with E-state index in [1.165, 1.54) is 18.3 Å². The van der Waals surface area contributed by atoms with E-state index in [0.29, 0.717) is 11.3 Å². The molecule has 0 unspecified atom stereocenters. The van der Waals surface area contributed by atoms with Gasteiger partial charge in [0.15, 0.2) is 0 Å². The van der Waals surface area contributed by atoms with E-state index >= 15 is 0 Å². The summed E-state index contributed by atoms with van der Waals surface area (Å²) in [7, 11) is 0. The zero-order valence-corrected chi connectivity index (χ0v) is 11.1. The lowest BCUT2D eigenvalue weighted by molar-refractivity contribution is 0.0690. The third-order valence-corrected chi connectivity index (χ3v) is 2.86. The molecule has 2 rings (SSSR count). The van der Waals surface area contributed by atoms with Crippen LogP contribution in [0.3, 0.4) is 0 Å². The fourth-order valence-electron chi connectivity index (χ4n) is 1.68. The number of carboxylic acids is 1. The number of aromatic nitrogens is 1. The molecule has 0 radical (unpaired) electrons. The number of hydrogen-bond donors (Lipinski definition) is 2. The first-order chi connectivity index (χ1) is 10.0. The number of benzene rings is 1. The molecule has 1 amide bonds. The molecule has 2 aromatic rings. The molecule has 1 aromatic carbocycles. The van der Waals surface area contributed by atoms with E-state index in [1.807, 2.05) is 13.0 Å². The number of carbonyl (C=O) groups is 2. The van der Waals surface area contributed by atoms with Crippen molar-refractivity contribution in [2.75, 3.05) is 5.32 Å². The van der Waals surface area contributed by atoms with Gasteiger partial charge < -0.3 is 10.4 Å². The fraction of sp³-hybridized carbons (Fsp3) is 0.0667.